The average Bonchev–Trinajstić information content (AvgIpc) is 2.04. The molecule has 1 aromatic rings. The second kappa shape index (κ2) is 2.51. The third-order valence-electron chi connectivity index (χ3n) is 1.49. The number of benzene rings is 1. The molecule has 0 N–H and O–H groups in total. The molecule has 0 atom stereocenters. The van der Waals surface area contributed by atoms with Crippen LogP contribution in [0.5, 0.6) is 5.75 Å². The predicted molar refractivity (Wildman–Crippen MR) is 35.5 cm³/mol. The lowest BCUT2D eigenvalue weighted by Crippen LogP contribution is -2.11. The van der Waals surface area contributed by atoms with Gasteiger partial charge >= 0.3 is 0 Å². The van der Waals surface area contributed by atoms with E-state index in [4.69, 9.17) is 9.47 Å². The number of hydrogen-bond donors (Lipinski definition) is 0. The fourth-order valence-electron chi connectivity index (χ4n) is 0.995. The van der Waals surface area contributed by atoms with E-state index >= 15 is 0 Å². The van der Waals surface area contributed by atoms with Crippen molar-refractivity contribution in [3.05, 3.63) is 29.6 Å². The van der Waals surface area contributed by atoms with Crippen LogP contribution in [0.3, 0.4) is 0 Å². The summed E-state index contributed by atoms with van der Waals surface area (Å²) in [6.07, 6.45) is 0. The molecule has 0 unspecified atom stereocenters. The number of fused-ring (bicyclic) bond motifs is 1. The van der Waals surface area contributed by atoms with Crippen molar-refractivity contribution in [3.63, 3.8) is 0 Å². The minimum absolute atomic E-state index is 0.231. The van der Waals surface area contributed by atoms with Crippen LogP contribution in [0.25, 0.3) is 0 Å². The summed E-state index contributed by atoms with van der Waals surface area (Å²) >= 11 is 0. The average molecular weight is 153 g/mol. The molecule has 1 aliphatic rings. The summed E-state index contributed by atoms with van der Waals surface area (Å²) in [4.78, 5) is 0. The molecule has 0 aromatic heterocycles. The van der Waals surface area contributed by atoms with Gasteiger partial charge in [0.1, 0.15) is 11.6 Å². The Morgan fingerprint density at radius 1 is 1.55 bits per heavy atom. The van der Waals surface area contributed by atoms with E-state index in [1.807, 2.05) is 0 Å². The molecule has 3 heteroatoms. The number of hydrogen-bond acceptors (Lipinski definition) is 2. The van der Waals surface area contributed by atoms with Crippen LogP contribution in [0.4, 0.5) is 4.39 Å². The first-order chi connectivity index (χ1) is 5.36. The molecular formula is C8H6FO2. The van der Waals surface area contributed by atoms with Crippen LogP contribution in [0.15, 0.2) is 12.1 Å². The highest BCUT2D eigenvalue weighted by atomic mass is 19.1. The summed E-state index contributed by atoms with van der Waals surface area (Å²) in [6.45, 7) is 0.638. The maximum atomic E-state index is 12.6. The van der Waals surface area contributed by atoms with E-state index in [-0.39, 0.29) is 12.6 Å². The van der Waals surface area contributed by atoms with Crippen LogP contribution in [-0.4, -0.2) is 6.79 Å². The van der Waals surface area contributed by atoms with Gasteiger partial charge in [0.25, 0.3) is 0 Å². The van der Waals surface area contributed by atoms with Crippen molar-refractivity contribution in [1.29, 1.82) is 0 Å². The second-order valence-corrected chi connectivity index (χ2v) is 2.28. The van der Waals surface area contributed by atoms with Gasteiger partial charge in [-0.25, -0.2) is 4.39 Å². The first-order valence-corrected chi connectivity index (χ1v) is 3.27. The summed E-state index contributed by atoms with van der Waals surface area (Å²) < 4.78 is 22.5. The normalized spacial score (nSPS) is 15.4. The summed E-state index contributed by atoms with van der Waals surface area (Å²) in [6, 6.07) is 5.33. The molecule has 11 heavy (non-hydrogen) atoms. The van der Waals surface area contributed by atoms with Crippen molar-refractivity contribution in [1.82, 2.24) is 0 Å². The van der Waals surface area contributed by atoms with Crippen LogP contribution in [0.1, 0.15) is 5.56 Å². The van der Waals surface area contributed by atoms with E-state index in [0.717, 1.165) is 5.56 Å². The summed E-state index contributed by atoms with van der Waals surface area (Å²) in [7, 11) is 0. The van der Waals surface area contributed by atoms with Crippen LogP contribution in [-0.2, 0) is 11.3 Å². The number of ether oxygens (including phenoxy) is 2. The molecule has 0 saturated heterocycles. The fraction of sp³-hybridized carbons (Fsp3) is 0.250. The van der Waals surface area contributed by atoms with Crippen molar-refractivity contribution in [2.24, 2.45) is 0 Å². The highest BCUT2D eigenvalue weighted by Gasteiger charge is 2.10. The highest BCUT2D eigenvalue weighted by Crippen LogP contribution is 2.22. The first kappa shape index (κ1) is 6.61. The predicted octanol–water partition coefficient (Wildman–Crippen LogP) is 1.49. The van der Waals surface area contributed by atoms with Gasteiger partial charge in [0.05, 0.1) is 6.61 Å². The van der Waals surface area contributed by atoms with Gasteiger partial charge < -0.3 is 9.47 Å². The van der Waals surface area contributed by atoms with Crippen molar-refractivity contribution < 1.29 is 13.9 Å². The van der Waals surface area contributed by atoms with Crippen LogP contribution in [0, 0.1) is 11.9 Å². The minimum atomic E-state index is -0.308. The van der Waals surface area contributed by atoms with Gasteiger partial charge in [-0.2, -0.15) is 0 Å². The molecule has 1 aliphatic heterocycles. The molecule has 0 fully saturated rings. The molecule has 0 bridgehead atoms. The number of rotatable bonds is 0. The minimum Gasteiger partial charge on any atom is -0.467 e. The lowest BCUT2D eigenvalue weighted by atomic mass is 10.2. The summed E-state index contributed by atoms with van der Waals surface area (Å²) in [5, 5.41) is 0. The van der Waals surface area contributed by atoms with Gasteiger partial charge in [-0.15, -0.1) is 0 Å². The van der Waals surface area contributed by atoms with E-state index in [2.05, 4.69) is 6.07 Å². The zero-order valence-electron chi connectivity index (χ0n) is 5.76. The standard InChI is InChI=1S/C8H6FO2/c9-7-1-2-8-6(3-7)4-10-5-11-8/h1,3H,4-5H2. The van der Waals surface area contributed by atoms with Gasteiger partial charge in [-0.05, 0) is 12.1 Å². The molecule has 2 rings (SSSR count). The lowest BCUT2D eigenvalue weighted by Gasteiger charge is -2.16. The van der Waals surface area contributed by atoms with Crippen molar-refractivity contribution >= 4 is 0 Å². The highest BCUT2D eigenvalue weighted by molar-refractivity contribution is 5.32. The Labute approximate surface area is 63.5 Å². The van der Waals surface area contributed by atoms with Crippen molar-refractivity contribution in [2.75, 3.05) is 6.79 Å². The molecule has 1 aromatic carbocycles. The lowest BCUT2D eigenvalue weighted by molar-refractivity contribution is -0.0167. The molecule has 57 valence electrons. The molecule has 1 heterocycles. The van der Waals surface area contributed by atoms with Crippen LogP contribution in [0.2, 0.25) is 0 Å². The Bertz CT molecular complexity index is 273. The van der Waals surface area contributed by atoms with E-state index in [0.29, 0.717) is 12.4 Å². The maximum Gasteiger partial charge on any atom is 0.189 e. The first-order valence-electron chi connectivity index (χ1n) is 3.27. The molecule has 0 aliphatic carbocycles. The smallest absolute Gasteiger partial charge is 0.189 e. The van der Waals surface area contributed by atoms with Gasteiger partial charge in [0.15, 0.2) is 6.79 Å². The molecule has 0 amide bonds. The van der Waals surface area contributed by atoms with E-state index in [9.17, 15) is 4.39 Å². The van der Waals surface area contributed by atoms with Gasteiger partial charge in [-0.3, -0.25) is 0 Å². The van der Waals surface area contributed by atoms with E-state index in [1.54, 1.807) is 0 Å². The SMILES string of the molecule is Fc1c[c]c2c(c1)COCO2. The second-order valence-electron chi connectivity index (χ2n) is 2.28. The Hall–Kier alpha value is -1.09. The maximum absolute atomic E-state index is 12.6. The van der Waals surface area contributed by atoms with Gasteiger partial charge in [0, 0.05) is 11.6 Å². The quantitative estimate of drug-likeness (QED) is 0.562. The summed E-state index contributed by atoms with van der Waals surface area (Å²) in [5.41, 5.74) is 0.719. The Morgan fingerprint density at radius 2 is 2.45 bits per heavy atom. The van der Waals surface area contributed by atoms with Crippen molar-refractivity contribution in [2.45, 2.75) is 6.61 Å². The summed E-state index contributed by atoms with van der Waals surface area (Å²) in [5.74, 6) is 0.288. The molecule has 1 radical (unpaired) electrons. The molecular weight excluding hydrogens is 147 g/mol. The Kier molecular flexibility index (Phi) is 1.51. The fourth-order valence-corrected chi connectivity index (χ4v) is 0.995. The Balaban J connectivity index is 2.43. The van der Waals surface area contributed by atoms with Crippen LogP contribution < -0.4 is 4.74 Å². The third-order valence-corrected chi connectivity index (χ3v) is 1.49. The monoisotopic (exact) mass is 153 g/mol. The van der Waals surface area contributed by atoms with Gasteiger partial charge in [0.2, 0.25) is 0 Å². The van der Waals surface area contributed by atoms with E-state index in [1.165, 1.54) is 12.1 Å². The van der Waals surface area contributed by atoms with E-state index < -0.39 is 0 Å². The largest absolute Gasteiger partial charge is 0.467 e. The zero-order valence-corrected chi connectivity index (χ0v) is 5.76. The topological polar surface area (TPSA) is 18.5 Å². The zero-order chi connectivity index (χ0) is 7.68. The molecule has 0 saturated carbocycles. The number of halogens is 1. The van der Waals surface area contributed by atoms with Gasteiger partial charge in [-0.1, -0.05) is 0 Å². The Morgan fingerprint density at radius 3 is 3.36 bits per heavy atom. The third kappa shape index (κ3) is 1.19. The molecule has 2 nitrogen and oxygen atoms in total. The van der Waals surface area contributed by atoms with Crippen molar-refractivity contribution in [3.8, 4) is 5.75 Å². The molecule has 0 spiro atoms. The van der Waals surface area contributed by atoms with Crippen LogP contribution >= 0.6 is 0 Å².